The third-order valence-electron chi connectivity index (χ3n) is 1.35. The zero-order valence-electron chi connectivity index (χ0n) is 6.42. The molecule has 0 aliphatic rings. The van der Waals surface area contributed by atoms with Gasteiger partial charge in [-0.25, -0.2) is 0 Å². The van der Waals surface area contributed by atoms with Crippen molar-refractivity contribution in [2.24, 2.45) is 0 Å². The Morgan fingerprint density at radius 3 is 2.21 bits per heavy atom. The number of nitrogens with zero attached hydrogens (tertiary/aromatic N) is 1. The Labute approximate surface area is 76.6 Å². The van der Waals surface area contributed by atoms with E-state index in [1.165, 1.54) is 0 Å². The maximum Gasteiger partial charge on any atom is 0.419 e. The molecule has 8 heteroatoms. The van der Waals surface area contributed by atoms with Gasteiger partial charge in [-0.2, -0.15) is 21.6 Å². The summed E-state index contributed by atoms with van der Waals surface area (Å²) in [6, 6.07) is 0.457. The maximum absolute atomic E-state index is 12.4. The van der Waals surface area contributed by atoms with Crippen LogP contribution < -0.4 is 0 Å². The highest BCUT2D eigenvalue weighted by Gasteiger charge is 2.37. The molecule has 0 atom stereocenters. The van der Waals surface area contributed by atoms with Gasteiger partial charge in [0.15, 0.2) is 0 Å². The van der Waals surface area contributed by atoms with Crippen LogP contribution in [0.4, 0.5) is 17.1 Å². The molecule has 78 valence electrons. The topological polar surface area (TPSA) is 47.0 Å². The Morgan fingerprint density at radius 2 is 1.86 bits per heavy atom. The molecule has 0 aromatic carbocycles. The first-order valence-electron chi connectivity index (χ1n) is 3.19. The molecule has 1 heterocycles. The summed E-state index contributed by atoms with van der Waals surface area (Å²) in [6.45, 7) is 0. The molecule has 3 nitrogen and oxygen atoms in total. The first-order valence-corrected chi connectivity index (χ1v) is 4.57. The predicted octanol–water partition coefficient (Wildman–Crippen LogP) is 1.76. The number of rotatable bonds is 1. The van der Waals surface area contributed by atoms with Crippen molar-refractivity contribution >= 4 is 10.2 Å². The second-order valence-electron chi connectivity index (χ2n) is 2.31. The summed E-state index contributed by atoms with van der Waals surface area (Å²) in [5.74, 6) is 0. The Morgan fingerprint density at radius 1 is 1.29 bits per heavy atom. The largest absolute Gasteiger partial charge is 0.419 e. The van der Waals surface area contributed by atoms with Gasteiger partial charge in [0.1, 0.15) is 4.90 Å². The fourth-order valence-electron chi connectivity index (χ4n) is 0.807. The van der Waals surface area contributed by atoms with Crippen LogP contribution in [0.15, 0.2) is 23.4 Å². The maximum atomic E-state index is 12.4. The van der Waals surface area contributed by atoms with Gasteiger partial charge in [0, 0.05) is 12.4 Å². The minimum absolute atomic E-state index is 0.256. The first kappa shape index (κ1) is 10.9. The van der Waals surface area contributed by atoms with E-state index in [9.17, 15) is 25.5 Å². The second-order valence-corrected chi connectivity index (χ2v) is 3.62. The lowest BCUT2D eigenvalue weighted by atomic mass is 10.3. The molecular weight excluding hydrogens is 226 g/mol. The Kier molecular flexibility index (Phi) is 2.49. The van der Waals surface area contributed by atoms with Crippen molar-refractivity contribution in [1.29, 1.82) is 0 Å². The van der Waals surface area contributed by atoms with Crippen LogP contribution in [0.1, 0.15) is 5.56 Å². The highest BCUT2D eigenvalue weighted by atomic mass is 32.3. The summed E-state index contributed by atoms with van der Waals surface area (Å²) < 4.78 is 69.3. The lowest BCUT2D eigenvalue weighted by Gasteiger charge is -2.08. The average Bonchev–Trinajstić information content (AvgIpc) is 2.01. The van der Waals surface area contributed by atoms with Gasteiger partial charge in [-0.1, -0.05) is 0 Å². The molecule has 14 heavy (non-hydrogen) atoms. The quantitative estimate of drug-likeness (QED) is 0.544. The van der Waals surface area contributed by atoms with Crippen LogP contribution in [0.3, 0.4) is 0 Å². The highest BCUT2D eigenvalue weighted by Crippen LogP contribution is 2.33. The van der Waals surface area contributed by atoms with Crippen LogP contribution in [0.25, 0.3) is 0 Å². The molecule has 0 radical (unpaired) electrons. The number of alkyl halides is 3. The van der Waals surface area contributed by atoms with E-state index in [4.69, 9.17) is 0 Å². The SMILES string of the molecule is O=S(=O)(F)c1ccncc1C(F)(F)F. The van der Waals surface area contributed by atoms with Crippen molar-refractivity contribution in [3.8, 4) is 0 Å². The average molecular weight is 229 g/mol. The Hall–Kier alpha value is -1.18. The second kappa shape index (κ2) is 3.19. The van der Waals surface area contributed by atoms with E-state index in [1.807, 2.05) is 0 Å². The molecule has 0 aliphatic heterocycles. The zero-order valence-corrected chi connectivity index (χ0v) is 7.23. The molecule has 1 aromatic rings. The molecule has 0 bridgehead atoms. The van der Waals surface area contributed by atoms with E-state index >= 15 is 0 Å². The van der Waals surface area contributed by atoms with Crippen LogP contribution in [-0.2, 0) is 16.4 Å². The number of halogens is 4. The van der Waals surface area contributed by atoms with Gasteiger partial charge < -0.3 is 0 Å². The van der Waals surface area contributed by atoms with Crippen molar-refractivity contribution in [2.45, 2.75) is 11.1 Å². The summed E-state index contributed by atoms with van der Waals surface area (Å²) >= 11 is 0. The van der Waals surface area contributed by atoms with E-state index in [1.54, 1.807) is 0 Å². The summed E-state index contributed by atoms with van der Waals surface area (Å²) in [5.41, 5.74) is -1.61. The molecule has 0 saturated heterocycles. The molecular formula is C6H3F4NO2S. The van der Waals surface area contributed by atoms with E-state index < -0.39 is 26.9 Å². The first-order chi connectivity index (χ1) is 6.23. The minimum Gasteiger partial charge on any atom is -0.264 e. The fourth-order valence-corrected chi connectivity index (χ4v) is 1.46. The summed E-state index contributed by atoms with van der Waals surface area (Å²) in [6.07, 6.45) is -3.92. The highest BCUT2D eigenvalue weighted by molar-refractivity contribution is 7.86. The van der Waals surface area contributed by atoms with Gasteiger partial charge in [-0.15, -0.1) is 3.89 Å². The molecule has 0 spiro atoms. The van der Waals surface area contributed by atoms with Crippen molar-refractivity contribution in [3.05, 3.63) is 24.0 Å². The molecule has 1 rings (SSSR count). The standard InChI is InChI=1S/C6H3F4NO2S/c7-6(8,9)4-3-11-2-1-5(4)14(10,12)13/h1-3H. The summed E-state index contributed by atoms with van der Waals surface area (Å²) in [7, 11) is -5.38. The van der Waals surface area contributed by atoms with Crippen molar-refractivity contribution < 1.29 is 25.5 Å². The predicted molar refractivity (Wildman–Crippen MR) is 37.5 cm³/mol. The molecule has 0 aliphatic carbocycles. The van der Waals surface area contributed by atoms with Gasteiger partial charge >= 0.3 is 16.4 Å². The van der Waals surface area contributed by atoms with Gasteiger partial charge in [-0.05, 0) is 6.07 Å². The van der Waals surface area contributed by atoms with Crippen LogP contribution in [0, 0.1) is 0 Å². The smallest absolute Gasteiger partial charge is 0.264 e. The van der Waals surface area contributed by atoms with Gasteiger partial charge in [0.2, 0.25) is 0 Å². The number of hydrogen-bond acceptors (Lipinski definition) is 3. The third-order valence-corrected chi connectivity index (χ3v) is 2.23. The normalized spacial score (nSPS) is 12.9. The lowest BCUT2D eigenvalue weighted by Crippen LogP contribution is -2.11. The Bertz CT molecular complexity index is 439. The van der Waals surface area contributed by atoms with Crippen molar-refractivity contribution in [3.63, 3.8) is 0 Å². The van der Waals surface area contributed by atoms with Gasteiger partial charge in [0.25, 0.3) is 0 Å². The van der Waals surface area contributed by atoms with E-state index in [2.05, 4.69) is 4.98 Å². The molecule has 0 N–H and O–H groups in total. The lowest BCUT2D eigenvalue weighted by molar-refractivity contribution is -0.140. The van der Waals surface area contributed by atoms with E-state index in [0.717, 1.165) is 6.20 Å². The molecule has 0 fully saturated rings. The number of aromatic nitrogens is 1. The van der Waals surface area contributed by atoms with Crippen LogP contribution in [0.2, 0.25) is 0 Å². The van der Waals surface area contributed by atoms with Crippen molar-refractivity contribution in [2.75, 3.05) is 0 Å². The fraction of sp³-hybridized carbons (Fsp3) is 0.167. The Balaban J connectivity index is 3.47. The summed E-state index contributed by atoms with van der Waals surface area (Å²) in [5, 5.41) is 0. The van der Waals surface area contributed by atoms with E-state index in [-0.39, 0.29) is 6.20 Å². The minimum atomic E-state index is -5.38. The molecule has 1 aromatic heterocycles. The monoisotopic (exact) mass is 229 g/mol. The van der Waals surface area contributed by atoms with Crippen molar-refractivity contribution in [1.82, 2.24) is 4.98 Å². The van der Waals surface area contributed by atoms with Crippen LogP contribution >= 0.6 is 0 Å². The molecule has 0 amide bonds. The number of hydrogen-bond donors (Lipinski definition) is 0. The summed E-state index contributed by atoms with van der Waals surface area (Å²) in [4.78, 5) is 1.66. The third kappa shape index (κ3) is 2.19. The van der Waals surface area contributed by atoms with Gasteiger partial charge in [0.05, 0.1) is 5.56 Å². The molecule has 0 saturated carbocycles. The molecule has 0 unspecified atom stereocenters. The van der Waals surface area contributed by atoms with Crippen LogP contribution in [-0.4, -0.2) is 13.4 Å². The van der Waals surface area contributed by atoms with Gasteiger partial charge in [-0.3, -0.25) is 4.98 Å². The van der Waals surface area contributed by atoms with E-state index in [0.29, 0.717) is 6.07 Å². The van der Waals surface area contributed by atoms with Crippen LogP contribution in [0.5, 0.6) is 0 Å². The zero-order chi connectivity index (χ0) is 11.0. The number of pyridine rings is 1.